The molecule has 0 saturated heterocycles. The second-order valence-electron chi connectivity index (χ2n) is 3.37. The first kappa shape index (κ1) is 12.8. The SMILES string of the molecule is COCC(O)CN(C)CCCCN. The van der Waals surface area contributed by atoms with Crippen LogP contribution < -0.4 is 5.73 Å². The van der Waals surface area contributed by atoms with Crippen molar-refractivity contribution in [1.29, 1.82) is 0 Å². The Hall–Kier alpha value is -0.160. The Labute approximate surface area is 80.7 Å². The fraction of sp³-hybridized carbons (Fsp3) is 1.00. The van der Waals surface area contributed by atoms with E-state index >= 15 is 0 Å². The van der Waals surface area contributed by atoms with Crippen molar-refractivity contribution < 1.29 is 9.84 Å². The van der Waals surface area contributed by atoms with Crippen LogP contribution in [0.15, 0.2) is 0 Å². The molecule has 0 radical (unpaired) electrons. The minimum atomic E-state index is -0.382. The molecule has 13 heavy (non-hydrogen) atoms. The number of nitrogens with two attached hydrogens (primary N) is 1. The summed E-state index contributed by atoms with van der Waals surface area (Å²) < 4.78 is 4.83. The third kappa shape index (κ3) is 8.18. The van der Waals surface area contributed by atoms with Crippen LogP contribution in [0.25, 0.3) is 0 Å². The summed E-state index contributed by atoms with van der Waals surface area (Å²) in [4.78, 5) is 2.10. The first-order chi connectivity index (χ1) is 6.20. The number of methoxy groups -OCH3 is 1. The van der Waals surface area contributed by atoms with E-state index in [2.05, 4.69) is 4.90 Å². The lowest BCUT2D eigenvalue weighted by Crippen LogP contribution is -2.32. The predicted octanol–water partition coefficient (Wildman–Crippen LogP) is -0.336. The Morgan fingerprint density at radius 2 is 2.15 bits per heavy atom. The van der Waals surface area contributed by atoms with Crippen LogP contribution in [0.4, 0.5) is 0 Å². The van der Waals surface area contributed by atoms with Gasteiger partial charge in [0.15, 0.2) is 0 Å². The molecule has 1 unspecified atom stereocenters. The van der Waals surface area contributed by atoms with Gasteiger partial charge in [-0.3, -0.25) is 0 Å². The van der Waals surface area contributed by atoms with Crippen LogP contribution in [0.2, 0.25) is 0 Å². The highest BCUT2D eigenvalue weighted by Crippen LogP contribution is 1.94. The number of hydrogen-bond donors (Lipinski definition) is 2. The maximum atomic E-state index is 9.38. The Bertz CT molecular complexity index is 112. The zero-order valence-corrected chi connectivity index (χ0v) is 8.70. The van der Waals surface area contributed by atoms with E-state index in [0.717, 1.165) is 25.9 Å². The topological polar surface area (TPSA) is 58.7 Å². The predicted molar refractivity (Wildman–Crippen MR) is 53.7 cm³/mol. The third-order valence-corrected chi connectivity index (χ3v) is 1.88. The molecule has 0 spiro atoms. The summed E-state index contributed by atoms with van der Waals surface area (Å²) in [5, 5.41) is 9.38. The zero-order chi connectivity index (χ0) is 10.1. The van der Waals surface area contributed by atoms with Gasteiger partial charge in [0, 0.05) is 13.7 Å². The standard InChI is InChI=1S/C9H22N2O2/c1-11(6-4-3-5-10)7-9(12)8-13-2/h9,12H,3-8,10H2,1-2H3. The quantitative estimate of drug-likeness (QED) is 0.514. The molecule has 3 N–H and O–H groups in total. The molecule has 0 heterocycles. The van der Waals surface area contributed by atoms with Gasteiger partial charge in [-0.15, -0.1) is 0 Å². The van der Waals surface area contributed by atoms with Crippen molar-refractivity contribution in [1.82, 2.24) is 4.90 Å². The average molecular weight is 190 g/mol. The summed E-state index contributed by atoms with van der Waals surface area (Å²) in [5.74, 6) is 0. The number of rotatable bonds is 8. The van der Waals surface area contributed by atoms with Crippen molar-refractivity contribution in [2.45, 2.75) is 18.9 Å². The van der Waals surface area contributed by atoms with E-state index in [-0.39, 0.29) is 6.10 Å². The minimum absolute atomic E-state index is 0.382. The van der Waals surface area contributed by atoms with Gasteiger partial charge in [-0.2, -0.15) is 0 Å². The number of aliphatic hydroxyl groups excluding tert-OH is 1. The van der Waals surface area contributed by atoms with Gasteiger partial charge in [0.2, 0.25) is 0 Å². The minimum Gasteiger partial charge on any atom is -0.389 e. The van der Waals surface area contributed by atoms with Crippen molar-refractivity contribution in [3.63, 3.8) is 0 Å². The fourth-order valence-corrected chi connectivity index (χ4v) is 1.22. The lowest BCUT2D eigenvalue weighted by Gasteiger charge is -2.19. The number of hydrogen-bond acceptors (Lipinski definition) is 4. The first-order valence-corrected chi connectivity index (χ1v) is 4.76. The molecule has 0 aromatic carbocycles. The summed E-state index contributed by atoms with van der Waals surface area (Å²) in [6, 6.07) is 0. The van der Waals surface area contributed by atoms with Crippen LogP contribution in [-0.2, 0) is 4.74 Å². The average Bonchev–Trinajstić information content (AvgIpc) is 2.05. The molecular formula is C9H22N2O2. The van der Waals surface area contributed by atoms with Gasteiger partial charge in [-0.05, 0) is 33.0 Å². The maximum absolute atomic E-state index is 9.38. The molecule has 0 aromatic rings. The van der Waals surface area contributed by atoms with Gasteiger partial charge in [0.25, 0.3) is 0 Å². The Morgan fingerprint density at radius 1 is 1.46 bits per heavy atom. The van der Waals surface area contributed by atoms with Crippen molar-refractivity contribution in [2.75, 3.05) is 40.4 Å². The molecule has 0 bridgehead atoms. The molecule has 0 aliphatic carbocycles. The molecule has 80 valence electrons. The summed E-state index contributed by atoms with van der Waals surface area (Å²) in [7, 11) is 3.59. The van der Waals surface area contributed by atoms with E-state index in [1.54, 1.807) is 7.11 Å². The van der Waals surface area contributed by atoms with Crippen LogP contribution in [0.1, 0.15) is 12.8 Å². The Morgan fingerprint density at radius 3 is 2.69 bits per heavy atom. The third-order valence-electron chi connectivity index (χ3n) is 1.88. The number of ether oxygens (including phenoxy) is 1. The molecule has 1 atom stereocenters. The van der Waals surface area contributed by atoms with Crippen LogP contribution >= 0.6 is 0 Å². The smallest absolute Gasteiger partial charge is 0.0899 e. The highest BCUT2D eigenvalue weighted by atomic mass is 16.5. The fourth-order valence-electron chi connectivity index (χ4n) is 1.22. The van der Waals surface area contributed by atoms with E-state index < -0.39 is 0 Å². The van der Waals surface area contributed by atoms with Crippen LogP contribution in [-0.4, -0.2) is 56.5 Å². The summed E-state index contributed by atoms with van der Waals surface area (Å²) in [5.41, 5.74) is 5.38. The molecule has 4 nitrogen and oxygen atoms in total. The lowest BCUT2D eigenvalue weighted by atomic mass is 10.3. The van der Waals surface area contributed by atoms with Gasteiger partial charge < -0.3 is 20.5 Å². The van der Waals surface area contributed by atoms with Gasteiger partial charge in [-0.25, -0.2) is 0 Å². The van der Waals surface area contributed by atoms with Crippen LogP contribution in [0, 0.1) is 0 Å². The zero-order valence-electron chi connectivity index (χ0n) is 8.70. The highest BCUT2D eigenvalue weighted by molar-refractivity contribution is 4.60. The van der Waals surface area contributed by atoms with E-state index in [0.29, 0.717) is 13.2 Å². The van der Waals surface area contributed by atoms with Gasteiger partial charge in [-0.1, -0.05) is 0 Å². The molecular weight excluding hydrogens is 168 g/mol. The van der Waals surface area contributed by atoms with Crippen molar-refractivity contribution in [2.24, 2.45) is 5.73 Å². The van der Waals surface area contributed by atoms with Crippen LogP contribution in [0.5, 0.6) is 0 Å². The highest BCUT2D eigenvalue weighted by Gasteiger charge is 2.06. The lowest BCUT2D eigenvalue weighted by molar-refractivity contribution is 0.0431. The molecule has 0 aromatic heterocycles. The normalized spacial score (nSPS) is 13.6. The van der Waals surface area contributed by atoms with Crippen molar-refractivity contribution in [3.05, 3.63) is 0 Å². The number of unbranched alkanes of at least 4 members (excludes halogenated alkanes) is 1. The molecule has 0 amide bonds. The van der Waals surface area contributed by atoms with Gasteiger partial charge in [0.1, 0.15) is 0 Å². The van der Waals surface area contributed by atoms with Gasteiger partial charge in [0.05, 0.1) is 12.7 Å². The Balaban J connectivity index is 3.32. The molecule has 0 rings (SSSR count). The molecule has 4 heteroatoms. The van der Waals surface area contributed by atoms with Crippen LogP contribution in [0.3, 0.4) is 0 Å². The monoisotopic (exact) mass is 190 g/mol. The number of nitrogens with zero attached hydrogens (tertiary/aromatic N) is 1. The van der Waals surface area contributed by atoms with E-state index in [1.807, 2.05) is 7.05 Å². The summed E-state index contributed by atoms with van der Waals surface area (Å²) in [6.07, 6.45) is 1.75. The molecule has 0 saturated carbocycles. The van der Waals surface area contributed by atoms with E-state index in [4.69, 9.17) is 10.5 Å². The summed E-state index contributed by atoms with van der Waals surface area (Å²) in [6.45, 7) is 2.80. The van der Waals surface area contributed by atoms with Gasteiger partial charge >= 0.3 is 0 Å². The summed E-state index contributed by atoms with van der Waals surface area (Å²) >= 11 is 0. The van der Waals surface area contributed by atoms with E-state index in [1.165, 1.54) is 0 Å². The molecule has 0 aliphatic rings. The maximum Gasteiger partial charge on any atom is 0.0899 e. The van der Waals surface area contributed by atoms with Crippen molar-refractivity contribution in [3.8, 4) is 0 Å². The largest absolute Gasteiger partial charge is 0.389 e. The number of aliphatic hydroxyl groups is 1. The van der Waals surface area contributed by atoms with E-state index in [9.17, 15) is 5.11 Å². The Kier molecular flexibility index (Phi) is 8.33. The number of likely N-dealkylation sites (N-methyl/N-ethyl adjacent to an activating group) is 1. The molecule has 0 aliphatic heterocycles. The second kappa shape index (κ2) is 8.44. The first-order valence-electron chi connectivity index (χ1n) is 4.76. The molecule has 0 fully saturated rings. The van der Waals surface area contributed by atoms with Crippen molar-refractivity contribution >= 4 is 0 Å². The second-order valence-corrected chi connectivity index (χ2v) is 3.37.